The van der Waals surface area contributed by atoms with Crippen molar-refractivity contribution in [1.29, 1.82) is 0 Å². The number of rotatable bonds is 12. The SMILES string of the molecule is NCCCC[C@H](NC(=O)[C@H](Cc1ccccc1)NC(=O)[C@@H](N)CO)C(=O)O. The number of aliphatic hydroxyl groups is 1. The number of aliphatic hydroxyl groups excluding tert-OH is 1. The average Bonchev–Trinajstić information content (AvgIpc) is 2.66. The molecule has 1 rings (SSSR count). The van der Waals surface area contributed by atoms with Crippen molar-refractivity contribution >= 4 is 17.8 Å². The van der Waals surface area contributed by atoms with Crippen LogP contribution in [0.5, 0.6) is 0 Å². The highest BCUT2D eigenvalue weighted by Gasteiger charge is 2.27. The maximum absolute atomic E-state index is 12.6. The summed E-state index contributed by atoms with van der Waals surface area (Å²) >= 11 is 0. The van der Waals surface area contributed by atoms with Gasteiger partial charge in [-0.2, -0.15) is 0 Å². The van der Waals surface area contributed by atoms with Gasteiger partial charge in [-0.1, -0.05) is 30.3 Å². The van der Waals surface area contributed by atoms with Crippen molar-refractivity contribution in [3.63, 3.8) is 0 Å². The summed E-state index contributed by atoms with van der Waals surface area (Å²) in [5, 5.41) is 23.3. The third-order valence-electron chi connectivity index (χ3n) is 4.01. The van der Waals surface area contributed by atoms with E-state index in [1.807, 2.05) is 6.07 Å². The Labute approximate surface area is 158 Å². The number of nitrogens with two attached hydrogens (primary N) is 2. The van der Waals surface area contributed by atoms with Crippen molar-refractivity contribution in [3.8, 4) is 0 Å². The Morgan fingerprint density at radius 1 is 1.00 bits per heavy atom. The van der Waals surface area contributed by atoms with Gasteiger partial charge in [-0.3, -0.25) is 9.59 Å². The van der Waals surface area contributed by atoms with E-state index in [1.54, 1.807) is 24.3 Å². The molecular formula is C18H28N4O5. The number of hydrogen-bond acceptors (Lipinski definition) is 6. The van der Waals surface area contributed by atoms with Gasteiger partial charge in [0.2, 0.25) is 11.8 Å². The van der Waals surface area contributed by atoms with Crippen molar-refractivity contribution in [2.45, 2.75) is 43.8 Å². The molecular weight excluding hydrogens is 352 g/mol. The highest BCUT2D eigenvalue weighted by atomic mass is 16.4. The van der Waals surface area contributed by atoms with E-state index < -0.39 is 42.5 Å². The monoisotopic (exact) mass is 380 g/mol. The second-order valence-electron chi connectivity index (χ2n) is 6.22. The molecule has 0 bridgehead atoms. The third-order valence-corrected chi connectivity index (χ3v) is 4.01. The number of carbonyl (C=O) groups is 3. The summed E-state index contributed by atoms with van der Waals surface area (Å²) in [6, 6.07) is 5.70. The third kappa shape index (κ3) is 8.16. The van der Waals surface area contributed by atoms with Crippen molar-refractivity contribution in [1.82, 2.24) is 10.6 Å². The second-order valence-corrected chi connectivity index (χ2v) is 6.22. The number of amides is 2. The molecule has 0 saturated carbocycles. The molecule has 0 aliphatic rings. The van der Waals surface area contributed by atoms with Gasteiger partial charge in [0, 0.05) is 6.42 Å². The van der Waals surface area contributed by atoms with Crippen molar-refractivity contribution in [3.05, 3.63) is 35.9 Å². The average molecular weight is 380 g/mol. The smallest absolute Gasteiger partial charge is 0.326 e. The molecule has 8 N–H and O–H groups in total. The number of aliphatic carboxylic acids is 1. The lowest BCUT2D eigenvalue weighted by molar-refractivity contribution is -0.142. The summed E-state index contributed by atoms with van der Waals surface area (Å²) in [4.78, 5) is 36.0. The molecule has 0 aromatic heterocycles. The first-order valence-electron chi connectivity index (χ1n) is 8.83. The van der Waals surface area contributed by atoms with E-state index in [4.69, 9.17) is 16.6 Å². The first-order valence-corrected chi connectivity index (χ1v) is 8.83. The number of carbonyl (C=O) groups excluding carboxylic acids is 2. The number of unbranched alkanes of at least 4 members (excludes halogenated alkanes) is 1. The quantitative estimate of drug-likeness (QED) is 0.246. The first-order chi connectivity index (χ1) is 12.9. The van der Waals surface area contributed by atoms with E-state index in [2.05, 4.69) is 10.6 Å². The van der Waals surface area contributed by atoms with Crippen LogP contribution in [0, 0.1) is 0 Å². The highest BCUT2D eigenvalue weighted by molar-refractivity contribution is 5.92. The number of benzene rings is 1. The highest BCUT2D eigenvalue weighted by Crippen LogP contribution is 2.06. The van der Waals surface area contributed by atoms with Crippen LogP contribution in [0.2, 0.25) is 0 Å². The Hall–Kier alpha value is -2.49. The zero-order chi connectivity index (χ0) is 20.2. The molecule has 1 aromatic rings. The molecule has 9 nitrogen and oxygen atoms in total. The Kier molecular flexibility index (Phi) is 10.0. The summed E-state index contributed by atoms with van der Waals surface area (Å²) in [6.45, 7) is -0.131. The summed E-state index contributed by atoms with van der Waals surface area (Å²) in [5.74, 6) is -2.47. The number of nitrogens with one attached hydrogen (secondary N) is 2. The Morgan fingerprint density at radius 2 is 1.63 bits per heavy atom. The first kappa shape index (κ1) is 22.6. The van der Waals surface area contributed by atoms with Crippen LogP contribution in [-0.2, 0) is 20.8 Å². The molecule has 2 amide bonds. The molecule has 0 aliphatic carbocycles. The van der Waals surface area contributed by atoms with Gasteiger partial charge in [0.05, 0.1) is 6.61 Å². The summed E-state index contributed by atoms with van der Waals surface area (Å²) < 4.78 is 0. The molecule has 0 fully saturated rings. The van der Waals surface area contributed by atoms with Gasteiger partial charge < -0.3 is 32.3 Å². The Bertz CT molecular complexity index is 611. The molecule has 0 aliphatic heterocycles. The minimum Gasteiger partial charge on any atom is -0.480 e. The fourth-order valence-electron chi connectivity index (χ4n) is 2.44. The summed E-state index contributed by atoms with van der Waals surface area (Å²) in [7, 11) is 0. The predicted molar refractivity (Wildman–Crippen MR) is 99.6 cm³/mol. The van der Waals surface area contributed by atoms with Crippen LogP contribution in [-0.4, -0.2) is 59.3 Å². The maximum atomic E-state index is 12.6. The van der Waals surface area contributed by atoms with E-state index in [1.165, 1.54) is 0 Å². The molecule has 0 spiro atoms. The van der Waals surface area contributed by atoms with Crippen LogP contribution in [0.3, 0.4) is 0 Å². The molecule has 9 heteroatoms. The van der Waals surface area contributed by atoms with Gasteiger partial charge in [0.15, 0.2) is 0 Å². The van der Waals surface area contributed by atoms with Gasteiger partial charge >= 0.3 is 5.97 Å². The maximum Gasteiger partial charge on any atom is 0.326 e. The fraction of sp³-hybridized carbons (Fsp3) is 0.500. The lowest BCUT2D eigenvalue weighted by Gasteiger charge is -2.22. The van der Waals surface area contributed by atoms with Crippen LogP contribution in [0.15, 0.2) is 30.3 Å². The van der Waals surface area contributed by atoms with E-state index in [-0.39, 0.29) is 12.8 Å². The van der Waals surface area contributed by atoms with Crippen molar-refractivity contribution < 1.29 is 24.6 Å². The Morgan fingerprint density at radius 3 is 2.19 bits per heavy atom. The van der Waals surface area contributed by atoms with Crippen molar-refractivity contribution in [2.24, 2.45) is 11.5 Å². The summed E-state index contributed by atoms with van der Waals surface area (Å²) in [5.41, 5.74) is 11.7. The normalized spacial score (nSPS) is 14.0. The molecule has 0 radical (unpaired) electrons. The minimum atomic E-state index is -1.17. The van der Waals surface area contributed by atoms with Gasteiger partial charge in [0.25, 0.3) is 0 Å². The molecule has 0 unspecified atom stereocenters. The molecule has 3 atom stereocenters. The lowest BCUT2D eigenvalue weighted by atomic mass is 10.0. The Balaban J connectivity index is 2.86. The molecule has 150 valence electrons. The van der Waals surface area contributed by atoms with E-state index in [9.17, 15) is 19.5 Å². The van der Waals surface area contributed by atoms with Gasteiger partial charge in [-0.25, -0.2) is 4.79 Å². The topological polar surface area (TPSA) is 168 Å². The van der Waals surface area contributed by atoms with E-state index in [0.717, 1.165) is 5.56 Å². The van der Waals surface area contributed by atoms with Crippen LogP contribution in [0.1, 0.15) is 24.8 Å². The minimum absolute atomic E-state index is 0.158. The summed E-state index contributed by atoms with van der Waals surface area (Å²) in [6.07, 6.45) is 1.60. The second kappa shape index (κ2) is 12.0. The standard InChI is InChI=1S/C18H28N4O5/c19-9-5-4-8-14(18(26)27)21-17(25)15(22-16(24)13(20)11-23)10-12-6-2-1-3-7-12/h1-3,6-7,13-15,23H,4-5,8-11,19-20H2,(H,21,25)(H,22,24)(H,26,27)/t13-,14-,15-/m0/s1. The molecule has 0 saturated heterocycles. The largest absolute Gasteiger partial charge is 0.480 e. The van der Waals surface area contributed by atoms with Gasteiger partial charge in [-0.05, 0) is 31.4 Å². The zero-order valence-corrected chi connectivity index (χ0v) is 15.1. The predicted octanol–water partition coefficient (Wildman–Crippen LogP) is -1.27. The van der Waals surface area contributed by atoms with Crippen molar-refractivity contribution in [2.75, 3.05) is 13.2 Å². The lowest BCUT2D eigenvalue weighted by Crippen LogP contribution is -2.55. The number of carboxylic acid groups (broad SMARTS) is 1. The molecule has 0 heterocycles. The van der Waals surface area contributed by atoms with E-state index >= 15 is 0 Å². The van der Waals surface area contributed by atoms with Gasteiger partial charge in [-0.15, -0.1) is 0 Å². The van der Waals surface area contributed by atoms with Crippen LogP contribution in [0.25, 0.3) is 0 Å². The number of carboxylic acids is 1. The van der Waals surface area contributed by atoms with Crippen LogP contribution < -0.4 is 22.1 Å². The zero-order valence-electron chi connectivity index (χ0n) is 15.1. The number of hydrogen-bond donors (Lipinski definition) is 6. The van der Waals surface area contributed by atoms with Gasteiger partial charge in [0.1, 0.15) is 18.1 Å². The van der Waals surface area contributed by atoms with Crippen LogP contribution in [0.4, 0.5) is 0 Å². The fourth-order valence-corrected chi connectivity index (χ4v) is 2.44. The van der Waals surface area contributed by atoms with E-state index in [0.29, 0.717) is 19.4 Å². The molecule has 1 aromatic carbocycles. The van der Waals surface area contributed by atoms with Crippen LogP contribution >= 0.6 is 0 Å². The molecule has 27 heavy (non-hydrogen) atoms.